The summed E-state index contributed by atoms with van der Waals surface area (Å²) in [4.78, 5) is 22.5. The fraction of sp³-hybridized carbons (Fsp3) is 0.857. The molecule has 0 aromatic heterocycles. The van der Waals surface area contributed by atoms with Gasteiger partial charge in [-0.25, -0.2) is 9.59 Å². The van der Waals surface area contributed by atoms with E-state index in [-0.39, 0.29) is 0 Å². The van der Waals surface area contributed by atoms with E-state index in [0.717, 1.165) is 12.3 Å². The first kappa shape index (κ1) is 15.8. The largest absolute Gasteiger partial charge is 0.480 e. The molecule has 2 unspecified atom stereocenters. The van der Waals surface area contributed by atoms with E-state index < -0.39 is 17.5 Å². The van der Waals surface area contributed by atoms with E-state index in [4.69, 9.17) is 5.11 Å². The van der Waals surface area contributed by atoms with E-state index in [0.29, 0.717) is 12.5 Å². The zero-order chi connectivity index (χ0) is 14.5. The summed E-state index contributed by atoms with van der Waals surface area (Å²) in [6, 6.07) is -0.406. The van der Waals surface area contributed by atoms with Gasteiger partial charge >= 0.3 is 12.0 Å². The zero-order valence-corrected chi connectivity index (χ0v) is 12.2. The number of hydrogen-bond acceptors (Lipinski definition) is 2. The van der Waals surface area contributed by atoms with Crippen LogP contribution in [0.3, 0.4) is 0 Å². The lowest BCUT2D eigenvalue weighted by molar-refractivity contribution is -0.142. The van der Waals surface area contributed by atoms with Crippen LogP contribution in [-0.4, -0.2) is 29.2 Å². The highest BCUT2D eigenvalue weighted by atomic mass is 16.4. The molecule has 0 heterocycles. The Kier molecular flexibility index (Phi) is 5.63. The van der Waals surface area contributed by atoms with Crippen LogP contribution in [0.2, 0.25) is 0 Å². The Hall–Kier alpha value is -1.26. The fourth-order valence-corrected chi connectivity index (χ4v) is 2.59. The summed E-state index contributed by atoms with van der Waals surface area (Å²) in [7, 11) is 0. The number of urea groups is 1. The van der Waals surface area contributed by atoms with Gasteiger partial charge in [0, 0.05) is 6.54 Å². The molecule has 5 heteroatoms. The third-order valence-electron chi connectivity index (χ3n) is 3.84. The van der Waals surface area contributed by atoms with Crippen LogP contribution in [0, 0.1) is 11.8 Å². The van der Waals surface area contributed by atoms with Crippen molar-refractivity contribution in [2.75, 3.05) is 6.54 Å². The molecule has 1 saturated carbocycles. The summed E-state index contributed by atoms with van der Waals surface area (Å²) in [6.45, 7) is 5.83. The lowest BCUT2D eigenvalue weighted by Gasteiger charge is -2.27. The third kappa shape index (κ3) is 5.49. The van der Waals surface area contributed by atoms with Crippen molar-refractivity contribution in [2.45, 2.75) is 58.4 Å². The minimum absolute atomic E-state index is 0.406. The molecular formula is C14H26N2O3. The number of amides is 2. The van der Waals surface area contributed by atoms with E-state index in [9.17, 15) is 9.59 Å². The average Bonchev–Trinajstić information content (AvgIpc) is 2.28. The van der Waals surface area contributed by atoms with Crippen LogP contribution < -0.4 is 10.6 Å². The highest BCUT2D eigenvalue weighted by molar-refractivity contribution is 5.85. The minimum Gasteiger partial charge on any atom is -0.480 e. The lowest BCUT2D eigenvalue weighted by Crippen LogP contribution is -2.53. The van der Waals surface area contributed by atoms with Gasteiger partial charge < -0.3 is 15.7 Å². The van der Waals surface area contributed by atoms with E-state index in [1.54, 1.807) is 0 Å². The molecule has 0 spiro atoms. The predicted molar refractivity (Wildman–Crippen MR) is 74.0 cm³/mol. The molecule has 0 aliphatic heterocycles. The van der Waals surface area contributed by atoms with Crippen LogP contribution in [0.5, 0.6) is 0 Å². The molecule has 0 saturated heterocycles. The van der Waals surface area contributed by atoms with Gasteiger partial charge in [0.15, 0.2) is 0 Å². The highest BCUT2D eigenvalue weighted by Crippen LogP contribution is 2.30. The second-order valence-corrected chi connectivity index (χ2v) is 6.24. The number of nitrogens with one attached hydrogen (secondary N) is 2. The SMILES string of the molecule is CC1CCCC(CCNC(=O)NC(C)(C)C(=O)O)C1. The maximum absolute atomic E-state index is 11.6. The Bertz CT molecular complexity index is 329. The van der Waals surface area contributed by atoms with Gasteiger partial charge in [-0.15, -0.1) is 0 Å². The molecule has 0 aromatic rings. The monoisotopic (exact) mass is 270 g/mol. The molecule has 0 bridgehead atoms. The quantitative estimate of drug-likeness (QED) is 0.717. The van der Waals surface area contributed by atoms with E-state index in [1.165, 1.54) is 39.5 Å². The number of hydrogen-bond donors (Lipinski definition) is 3. The maximum Gasteiger partial charge on any atom is 0.328 e. The van der Waals surface area contributed by atoms with E-state index in [1.807, 2.05) is 0 Å². The lowest BCUT2D eigenvalue weighted by atomic mass is 9.81. The minimum atomic E-state index is -1.23. The van der Waals surface area contributed by atoms with Crippen molar-refractivity contribution in [1.82, 2.24) is 10.6 Å². The first-order chi connectivity index (χ1) is 8.81. The van der Waals surface area contributed by atoms with Crippen molar-refractivity contribution in [1.29, 1.82) is 0 Å². The molecule has 1 rings (SSSR count). The van der Waals surface area contributed by atoms with Crippen molar-refractivity contribution < 1.29 is 14.7 Å². The van der Waals surface area contributed by atoms with Crippen molar-refractivity contribution >= 4 is 12.0 Å². The van der Waals surface area contributed by atoms with Gasteiger partial charge in [0.1, 0.15) is 5.54 Å². The number of carbonyl (C=O) groups is 2. The van der Waals surface area contributed by atoms with Crippen LogP contribution in [0.15, 0.2) is 0 Å². The second kappa shape index (κ2) is 6.78. The molecular weight excluding hydrogens is 244 g/mol. The van der Waals surface area contributed by atoms with Gasteiger partial charge in [-0.1, -0.05) is 26.2 Å². The first-order valence-electron chi connectivity index (χ1n) is 7.10. The van der Waals surface area contributed by atoms with Crippen LogP contribution in [0.1, 0.15) is 52.9 Å². The Labute approximate surface area is 115 Å². The maximum atomic E-state index is 11.6. The Morgan fingerprint density at radius 3 is 2.58 bits per heavy atom. The van der Waals surface area contributed by atoms with Gasteiger partial charge in [-0.2, -0.15) is 0 Å². The van der Waals surface area contributed by atoms with Crippen molar-refractivity contribution in [3.8, 4) is 0 Å². The number of rotatable bonds is 5. The molecule has 1 aliphatic rings. The molecule has 5 nitrogen and oxygen atoms in total. The fourth-order valence-electron chi connectivity index (χ4n) is 2.59. The number of carboxylic acid groups (broad SMARTS) is 1. The number of aliphatic carboxylic acids is 1. The van der Waals surface area contributed by atoms with Crippen molar-refractivity contribution in [3.05, 3.63) is 0 Å². The smallest absolute Gasteiger partial charge is 0.328 e. The molecule has 2 amide bonds. The standard InChI is InChI=1S/C14H26N2O3/c1-10-5-4-6-11(9-10)7-8-15-13(19)16-14(2,3)12(17)18/h10-11H,4-9H2,1-3H3,(H,17,18)(H2,15,16,19). The van der Waals surface area contributed by atoms with Crippen LogP contribution in [0.25, 0.3) is 0 Å². The normalized spacial score (nSPS) is 23.7. The second-order valence-electron chi connectivity index (χ2n) is 6.24. The van der Waals surface area contributed by atoms with Gasteiger partial charge in [-0.3, -0.25) is 0 Å². The summed E-state index contributed by atoms with van der Waals surface area (Å²) < 4.78 is 0. The summed E-state index contributed by atoms with van der Waals surface area (Å²) >= 11 is 0. The van der Waals surface area contributed by atoms with Crippen LogP contribution >= 0.6 is 0 Å². The van der Waals surface area contributed by atoms with Crippen LogP contribution in [-0.2, 0) is 4.79 Å². The van der Waals surface area contributed by atoms with Gasteiger partial charge in [0.05, 0.1) is 0 Å². The molecule has 2 atom stereocenters. The van der Waals surface area contributed by atoms with Gasteiger partial charge in [-0.05, 0) is 38.5 Å². The summed E-state index contributed by atoms with van der Waals surface area (Å²) in [5.41, 5.74) is -1.23. The molecule has 0 aromatic carbocycles. The average molecular weight is 270 g/mol. The number of carbonyl (C=O) groups excluding carboxylic acids is 1. The molecule has 1 fully saturated rings. The molecule has 110 valence electrons. The predicted octanol–water partition coefficient (Wildman–Crippen LogP) is 2.37. The highest BCUT2D eigenvalue weighted by Gasteiger charge is 2.28. The van der Waals surface area contributed by atoms with Gasteiger partial charge in [0.25, 0.3) is 0 Å². The van der Waals surface area contributed by atoms with E-state index >= 15 is 0 Å². The summed E-state index contributed by atoms with van der Waals surface area (Å²) in [5.74, 6) is 0.443. The third-order valence-corrected chi connectivity index (χ3v) is 3.84. The Morgan fingerprint density at radius 1 is 1.32 bits per heavy atom. The van der Waals surface area contributed by atoms with Crippen LogP contribution in [0.4, 0.5) is 4.79 Å². The van der Waals surface area contributed by atoms with E-state index in [2.05, 4.69) is 17.6 Å². The molecule has 1 aliphatic carbocycles. The topological polar surface area (TPSA) is 78.4 Å². The number of carboxylic acids is 1. The molecule has 3 N–H and O–H groups in total. The Balaban J connectivity index is 2.22. The van der Waals surface area contributed by atoms with Crippen molar-refractivity contribution in [3.63, 3.8) is 0 Å². The van der Waals surface area contributed by atoms with Gasteiger partial charge in [0.2, 0.25) is 0 Å². The molecule has 0 radical (unpaired) electrons. The Morgan fingerprint density at radius 2 is 2.00 bits per heavy atom. The zero-order valence-electron chi connectivity index (χ0n) is 12.2. The summed E-state index contributed by atoms with van der Waals surface area (Å²) in [6.07, 6.45) is 6.06. The van der Waals surface area contributed by atoms with Crippen molar-refractivity contribution in [2.24, 2.45) is 11.8 Å². The molecule has 19 heavy (non-hydrogen) atoms. The summed E-state index contributed by atoms with van der Waals surface area (Å²) in [5, 5.41) is 14.1. The first-order valence-corrected chi connectivity index (χ1v) is 7.10.